The summed E-state index contributed by atoms with van der Waals surface area (Å²) in [5.41, 5.74) is 0.0614. The molecule has 1 N–H and O–H groups in total. The first-order chi connectivity index (χ1) is 12.1. The third kappa shape index (κ3) is 3.80. The van der Waals surface area contributed by atoms with Crippen LogP contribution < -0.4 is 10.1 Å². The van der Waals surface area contributed by atoms with Crippen molar-refractivity contribution in [1.82, 2.24) is 5.32 Å². The van der Waals surface area contributed by atoms with E-state index in [1.54, 1.807) is 43.5 Å². The molecule has 1 atom stereocenters. The van der Waals surface area contributed by atoms with Gasteiger partial charge in [-0.15, -0.1) is 0 Å². The van der Waals surface area contributed by atoms with Gasteiger partial charge in [-0.05, 0) is 29.8 Å². The van der Waals surface area contributed by atoms with Crippen molar-refractivity contribution in [3.63, 3.8) is 0 Å². The molecule has 0 aromatic heterocycles. The van der Waals surface area contributed by atoms with Crippen molar-refractivity contribution in [2.45, 2.75) is 12.0 Å². The molecule has 1 unspecified atom stereocenters. The fraction of sp³-hybridized carbons (Fsp3) is 0.263. The Labute approximate surface area is 145 Å². The van der Waals surface area contributed by atoms with Gasteiger partial charge in [0, 0.05) is 12.0 Å². The van der Waals surface area contributed by atoms with Crippen LogP contribution in [0, 0.1) is 0 Å². The zero-order valence-electron chi connectivity index (χ0n) is 13.9. The number of hydrogen-bond acceptors (Lipinski definition) is 5. The number of ether oxygens (including phenoxy) is 3. The van der Waals surface area contributed by atoms with Crippen molar-refractivity contribution in [3.05, 3.63) is 65.7 Å². The van der Waals surface area contributed by atoms with Crippen LogP contribution in [0.5, 0.6) is 5.75 Å². The van der Waals surface area contributed by atoms with Crippen LogP contribution in [-0.2, 0) is 20.7 Å². The molecule has 0 radical (unpaired) electrons. The lowest BCUT2D eigenvalue weighted by Gasteiger charge is -2.35. The predicted octanol–water partition coefficient (Wildman–Crippen LogP) is 1.94. The fourth-order valence-corrected chi connectivity index (χ4v) is 2.73. The van der Waals surface area contributed by atoms with Crippen molar-refractivity contribution < 1.29 is 23.8 Å². The topological polar surface area (TPSA) is 73.9 Å². The number of nitrogens with one attached hydrogen (secondary N) is 1. The Morgan fingerprint density at radius 1 is 1.16 bits per heavy atom. The minimum absolute atomic E-state index is 0.0520. The van der Waals surface area contributed by atoms with Gasteiger partial charge >= 0.3 is 5.97 Å². The summed E-state index contributed by atoms with van der Waals surface area (Å²) < 4.78 is 15.5. The van der Waals surface area contributed by atoms with Crippen LogP contribution in [-0.4, -0.2) is 37.9 Å². The minimum Gasteiger partial charge on any atom is -0.497 e. The Hall–Kier alpha value is -2.86. The number of carbonyl (C=O) groups excluding carboxylic acids is 2. The second-order valence-electron chi connectivity index (χ2n) is 5.83. The Morgan fingerprint density at radius 3 is 2.52 bits per heavy atom. The summed E-state index contributed by atoms with van der Waals surface area (Å²) in [5.74, 6) is -0.135. The molecule has 6 nitrogen and oxygen atoms in total. The van der Waals surface area contributed by atoms with Gasteiger partial charge in [0.2, 0.25) is 0 Å². The number of amides is 1. The SMILES string of the molecule is COc1ccc(CC2(NC(=O)c3ccccc3)COCOC2=O)cc1. The molecule has 2 aromatic rings. The lowest BCUT2D eigenvalue weighted by Crippen LogP contribution is -2.62. The minimum atomic E-state index is -1.26. The Kier molecular flexibility index (Phi) is 5.00. The molecule has 6 heteroatoms. The number of methoxy groups -OCH3 is 1. The second-order valence-corrected chi connectivity index (χ2v) is 5.83. The highest BCUT2D eigenvalue weighted by atomic mass is 16.7. The summed E-state index contributed by atoms with van der Waals surface area (Å²) in [5, 5.41) is 2.81. The van der Waals surface area contributed by atoms with Gasteiger partial charge in [-0.3, -0.25) is 4.79 Å². The third-order valence-electron chi connectivity index (χ3n) is 4.07. The largest absolute Gasteiger partial charge is 0.497 e. The Balaban J connectivity index is 1.85. The summed E-state index contributed by atoms with van der Waals surface area (Å²) in [7, 11) is 1.59. The zero-order chi connectivity index (χ0) is 17.7. The van der Waals surface area contributed by atoms with Gasteiger partial charge in [0.15, 0.2) is 12.3 Å². The number of esters is 1. The maximum Gasteiger partial charge on any atom is 0.336 e. The standard InChI is InChI=1S/C19H19NO5/c1-23-16-9-7-14(8-10-16)11-19(12-24-13-25-18(19)22)20-17(21)15-5-3-2-4-6-15/h2-10H,11-13H2,1H3,(H,20,21). The lowest BCUT2D eigenvalue weighted by molar-refractivity contribution is -0.184. The van der Waals surface area contributed by atoms with Crippen molar-refractivity contribution in [2.24, 2.45) is 0 Å². The van der Waals surface area contributed by atoms with Crippen LogP contribution in [0.1, 0.15) is 15.9 Å². The van der Waals surface area contributed by atoms with Gasteiger partial charge in [-0.2, -0.15) is 0 Å². The average molecular weight is 341 g/mol. The average Bonchev–Trinajstić information content (AvgIpc) is 2.65. The van der Waals surface area contributed by atoms with Crippen molar-refractivity contribution in [3.8, 4) is 5.75 Å². The Bertz CT molecular complexity index is 744. The molecule has 1 aliphatic heterocycles. The van der Waals surface area contributed by atoms with Crippen LogP contribution in [0.15, 0.2) is 54.6 Å². The summed E-state index contributed by atoms with van der Waals surface area (Å²) in [6.45, 7) is -0.0547. The highest BCUT2D eigenvalue weighted by molar-refractivity contribution is 5.98. The van der Waals surface area contributed by atoms with Gasteiger partial charge in [0.25, 0.3) is 5.91 Å². The summed E-state index contributed by atoms with van der Waals surface area (Å²) in [6.07, 6.45) is 0.258. The zero-order valence-corrected chi connectivity index (χ0v) is 13.9. The monoisotopic (exact) mass is 341 g/mol. The first-order valence-corrected chi connectivity index (χ1v) is 7.88. The molecule has 1 aliphatic rings. The van der Waals surface area contributed by atoms with E-state index in [1.807, 2.05) is 18.2 Å². The lowest BCUT2D eigenvalue weighted by atomic mass is 9.90. The molecule has 0 saturated carbocycles. The van der Waals surface area contributed by atoms with E-state index in [9.17, 15) is 9.59 Å². The maximum atomic E-state index is 12.6. The molecule has 0 bridgehead atoms. The molecule has 2 aromatic carbocycles. The molecule has 25 heavy (non-hydrogen) atoms. The number of benzene rings is 2. The van der Waals surface area contributed by atoms with E-state index in [-0.39, 0.29) is 25.7 Å². The molecule has 1 saturated heterocycles. The van der Waals surface area contributed by atoms with Crippen molar-refractivity contribution >= 4 is 11.9 Å². The highest BCUT2D eigenvalue weighted by Crippen LogP contribution is 2.22. The summed E-state index contributed by atoms with van der Waals surface area (Å²) in [4.78, 5) is 25.0. The number of cyclic esters (lactones) is 1. The maximum absolute atomic E-state index is 12.6. The number of rotatable bonds is 5. The molecule has 0 aliphatic carbocycles. The van der Waals surface area contributed by atoms with Gasteiger partial charge < -0.3 is 19.5 Å². The van der Waals surface area contributed by atoms with Crippen LogP contribution in [0.2, 0.25) is 0 Å². The van der Waals surface area contributed by atoms with E-state index >= 15 is 0 Å². The van der Waals surface area contributed by atoms with E-state index in [4.69, 9.17) is 14.2 Å². The Morgan fingerprint density at radius 2 is 1.88 bits per heavy atom. The first-order valence-electron chi connectivity index (χ1n) is 7.88. The summed E-state index contributed by atoms with van der Waals surface area (Å²) in [6, 6.07) is 16.0. The smallest absolute Gasteiger partial charge is 0.336 e. The third-order valence-corrected chi connectivity index (χ3v) is 4.07. The highest BCUT2D eigenvalue weighted by Gasteiger charge is 2.44. The fourth-order valence-electron chi connectivity index (χ4n) is 2.73. The number of carbonyl (C=O) groups is 2. The van der Waals surface area contributed by atoms with Crippen molar-refractivity contribution in [1.29, 1.82) is 0 Å². The van der Waals surface area contributed by atoms with E-state index < -0.39 is 11.5 Å². The van der Waals surface area contributed by atoms with E-state index in [0.29, 0.717) is 11.3 Å². The van der Waals surface area contributed by atoms with Crippen molar-refractivity contribution in [2.75, 3.05) is 20.5 Å². The molecular weight excluding hydrogens is 322 g/mol. The van der Waals surface area contributed by atoms with Gasteiger partial charge in [0.1, 0.15) is 5.75 Å². The molecule has 130 valence electrons. The second kappa shape index (κ2) is 7.36. The molecule has 1 amide bonds. The predicted molar refractivity (Wildman–Crippen MR) is 90.2 cm³/mol. The first kappa shape index (κ1) is 17.0. The van der Waals surface area contributed by atoms with Gasteiger partial charge in [-0.25, -0.2) is 4.79 Å². The van der Waals surface area contributed by atoms with E-state index in [0.717, 1.165) is 5.56 Å². The van der Waals surface area contributed by atoms with Crippen LogP contribution in [0.25, 0.3) is 0 Å². The van der Waals surface area contributed by atoms with Gasteiger partial charge in [0.05, 0.1) is 13.7 Å². The van der Waals surface area contributed by atoms with Crippen LogP contribution >= 0.6 is 0 Å². The number of hydrogen-bond donors (Lipinski definition) is 1. The van der Waals surface area contributed by atoms with Crippen LogP contribution in [0.4, 0.5) is 0 Å². The van der Waals surface area contributed by atoms with Gasteiger partial charge in [-0.1, -0.05) is 30.3 Å². The summed E-state index contributed by atoms with van der Waals surface area (Å²) >= 11 is 0. The normalized spacial score (nSPS) is 19.8. The molecule has 1 fully saturated rings. The molecule has 0 spiro atoms. The molecular formula is C19H19NO5. The molecule has 1 heterocycles. The molecule has 3 rings (SSSR count). The van der Waals surface area contributed by atoms with E-state index in [2.05, 4.69) is 5.32 Å². The van der Waals surface area contributed by atoms with E-state index in [1.165, 1.54) is 0 Å². The van der Waals surface area contributed by atoms with Crippen LogP contribution in [0.3, 0.4) is 0 Å². The quantitative estimate of drug-likeness (QED) is 0.842.